The summed E-state index contributed by atoms with van der Waals surface area (Å²) >= 11 is 1.37. The van der Waals surface area contributed by atoms with E-state index in [1.54, 1.807) is 25.1 Å². The Morgan fingerprint density at radius 3 is 2.92 bits per heavy atom. The molecule has 0 unspecified atom stereocenters. The van der Waals surface area contributed by atoms with E-state index in [0.717, 1.165) is 5.69 Å². The quantitative estimate of drug-likeness (QED) is 0.263. The number of rotatable bonds is 7. The molecule has 0 saturated carbocycles. The zero-order valence-electron chi connectivity index (χ0n) is 13.5. The van der Waals surface area contributed by atoms with Crippen LogP contribution in [0.5, 0.6) is 5.88 Å². The Kier molecular flexibility index (Phi) is 6.40. The van der Waals surface area contributed by atoms with Crippen LogP contribution in [0.4, 0.5) is 5.69 Å². The molecule has 0 spiro atoms. The number of ether oxygens (including phenoxy) is 1. The van der Waals surface area contributed by atoms with Crippen LogP contribution in [0.3, 0.4) is 0 Å². The molecule has 1 N–H and O–H groups in total. The molecule has 0 saturated heterocycles. The number of hydrogen-bond donors (Lipinski definition) is 1. The number of aromatic nitrogens is 2. The number of benzene rings is 1. The molecule has 10 heteroatoms. The van der Waals surface area contributed by atoms with Gasteiger partial charge in [-0.3, -0.25) is 14.9 Å². The Hall–Kier alpha value is -3.01. The van der Waals surface area contributed by atoms with Gasteiger partial charge < -0.3 is 4.74 Å². The van der Waals surface area contributed by atoms with E-state index >= 15 is 0 Å². The lowest BCUT2D eigenvalue weighted by atomic mass is 10.2. The number of hydrogen-bond acceptors (Lipinski definition) is 8. The molecule has 130 valence electrons. The van der Waals surface area contributed by atoms with Crippen LogP contribution in [-0.4, -0.2) is 39.9 Å². The molecule has 0 aliphatic rings. The third-order valence-corrected chi connectivity index (χ3v) is 3.42. The zero-order valence-corrected chi connectivity index (χ0v) is 14.3. The first-order chi connectivity index (χ1) is 12.0. The van der Waals surface area contributed by atoms with E-state index < -0.39 is 10.8 Å². The van der Waals surface area contributed by atoms with Gasteiger partial charge in [0.15, 0.2) is 11.8 Å². The Balaban J connectivity index is 1.91. The predicted octanol–water partition coefficient (Wildman–Crippen LogP) is 1.94. The highest BCUT2D eigenvalue weighted by Crippen LogP contribution is 2.16. The second-order valence-corrected chi connectivity index (χ2v) is 5.51. The minimum absolute atomic E-state index is 0.0993. The molecular formula is C15H15N5O4S. The summed E-state index contributed by atoms with van der Waals surface area (Å²) in [4.78, 5) is 30.4. The molecule has 1 heterocycles. The number of nitrogens with zero attached hydrogens (tertiary/aromatic N) is 4. The van der Waals surface area contributed by atoms with Gasteiger partial charge in [0.1, 0.15) is 0 Å². The molecule has 1 aromatic carbocycles. The molecule has 0 fully saturated rings. The third-order valence-electron chi connectivity index (χ3n) is 2.87. The number of carbonyl (C=O) groups is 1. The van der Waals surface area contributed by atoms with Crippen LogP contribution >= 0.6 is 11.8 Å². The maximum atomic E-state index is 11.7. The lowest BCUT2D eigenvalue weighted by Gasteiger charge is -2.06. The number of carbonyl (C=O) groups excluding carboxylic acids is 1. The van der Waals surface area contributed by atoms with Gasteiger partial charge in [-0.25, -0.2) is 10.4 Å². The van der Waals surface area contributed by atoms with Crippen molar-refractivity contribution in [3.63, 3.8) is 0 Å². The largest absolute Gasteiger partial charge is 0.467 e. The van der Waals surface area contributed by atoms with E-state index in [-0.39, 0.29) is 23.7 Å². The SMILES string of the molecule is CSc1nc(C)cc(OCC(=O)N/N=C/c2ccccc2[N+](=O)[O-])n1. The summed E-state index contributed by atoms with van der Waals surface area (Å²) < 4.78 is 5.30. The molecular weight excluding hydrogens is 346 g/mol. The van der Waals surface area contributed by atoms with Crippen molar-refractivity contribution in [2.75, 3.05) is 12.9 Å². The average molecular weight is 361 g/mol. The van der Waals surface area contributed by atoms with Crippen LogP contribution in [-0.2, 0) is 4.79 Å². The van der Waals surface area contributed by atoms with Crippen LogP contribution in [0, 0.1) is 17.0 Å². The second-order valence-electron chi connectivity index (χ2n) is 4.73. The van der Waals surface area contributed by atoms with Gasteiger partial charge in [0.2, 0.25) is 5.88 Å². The summed E-state index contributed by atoms with van der Waals surface area (Å²) in [5.41, 5.74) is 3.15. The van der Waals surface area contributed by atoms with E-state index in [1.807, 2.05) is 6.26 Å². The Labute approximate surface area is 147 Å². The lowest BCUT2D eigenvalue weighted by molar-refractivity contribution is -0.385. The fourth-order valence-corrected chi connectivity index (χ4v) is 2.20. The van der Waals surface area contributed by atoms with Gasteiger partial charge in [-0.2, -0.15) is 10.1 Å². The summed E-state index contributed by atoms with van der Waals surface area (Å²) in [6.45, 7) is 1.50. The van der Waals surface area contributed by atoms with Crippen LogP contribution in [0.2, 0.25) is 0 Å². The molecule has 0 aliphatic carbocycles. The minimum atomic E-state index is -0.521. The minimum Gasteiger partial charge on any atom is -0.467 e. The van der Waals surface area contributed by atoms with Crippen LogP contribution < -0.4 is 10.2 Å². The standard InChI is InChI=1S/C15H15N5O4S/c1-10-7-14(18-15(17-10)25-2)24-9-13(21)19-16-8-11-5-3-4-6-12(11)20(22)23/h3-8H,9H2,1-2H3,(H,19,21)/b16-8+. The molecule has 9 nitrogen and oxygen atoms in total. The van der Waals surface area contributed by atoms with Crippen molar-refractivity contribution >= 4 is 29.6 Å². The van der Waals surface area contributed by atoms with Gasteiger partial charge in [-0.1, -0.05) is 23.9 Å². The van der Waals surface area contributed by atoms with E-state index in [0.29, 0.717) is 5.16 Å². The van der Waals surface area contributed by atoms with Crippen LogP contribution in [0.25, 0.3) is 0 Å². The normalized spacial score (nSPS) is 10.6. The molecule has 1 aromatic heterocycles. The van der Waals surface area contributed by atoms with Gasteiger partial charge in [-0.15, -0.1) is 0 Å². The molecule has 2 aromatic rings. The van der Waals surface area contributed by atoms with Crippen molar-refractivity contribution in [1.82, 2.24) is 15.4 Å². The van der Waals surface area contributed by atoms with Gasteiger partial charge >= 0.3 is 0 Å². The first kappa shape index (κ1) is 18.3. The van der Waals surface area contributed by atoms with Crippen molar-refractivity contribution in [3.05, 3.63) is 51.7 Å². The van der Waals surface area contributed by atoms with E-state index in [9.17, 15) is 14.9 Å². The first-order valence-corrected chi connectivity index (χ1v) is 8.30. The van der Waals surface area contributed by atoms with Crippen molar-refractivity contribution in [2.24, 2.45) is 5.10 Å². The number of nitro benzene ring substituents is 1. The highest BCUT2D eigenvalue weighted by molar-refractivity contribution is 7.98. The Morgan fingerprint density at radius 2 is 2.20 bits per heavy atom. The van der Waals surface area contributed by atoms with Gasteiger partial charge in [-0.05, 0) is 19.2 Å². The van der Waals surface area contributed by atoms with Crippen LogP contribution in [0.15, 0.2) is 40.6 Å². The number of nitrogens with one attached hydrogen (secondary N) is 1. The Morgan fingerprint density at radius 1 is 1.44 bits per heavy atom. The molecule has 0 aliphatic heterocycles. The topological polar surface area (TPSA) is 120 Å². The molecule has 0 radical (unpaired) electrons. The molecule has 25 heavy (non-hydrogen) atoms. The molecule has 1 amide bonds. The fourth-order valence-electron chi connectivity index (χ4n) is 1.79. The number of nitro groups is 1. The van der Waals surface area contributed by atoms with Gasteiger partial charge in [0, 0.05) is 17.8 Å². The first-order valence-electron chi connectivity index (χ1n) is 7.07. The van der Waals surface area contributed by atoms with Gasteiger partial charge in [0.25, 0.3) is 11.6 Å². The lowest BCUT2D eigenvalue weighted by Crippen LogP contribution is -2.25. The van der Waals surface area contributed by atoms with Gasteiger partial charge in [0.05, 0.1) is 16.7 Å². The van der Waals surface area contributed by atoms with Crippen molar-refractivity contribution in [1.29, 1.82) is 0 Å². The molecule has 0 atom stereocenters. The smallest absolute Gasteiger partial charge is 0.278 e. The number of para-hydroxylation sites is 1. The van der Waals surface area contributed by atoms with Crippen molar-refractivity contribution in [2.45, 2.75) is 12.1 Å². The van der Waals surface area contributed by atoms with E-state index in [1.165, 1.54) is 30.1 Å². The van der Waals surface area contributed by atoms with E-state index in [4.69, 9.17) is 4.74 Å². The summed E-state index contributed by atoms with van der Waals surface area (Å²) in [5.74, 6) is -0.230. The van der Waals surface area contributed by atoms with Crippen molar-refractivity contribution in [3.8, 4) is 5.88 Å². The van der Waals surface area contributed by atoms with Crippen molar-refractivity contribution < 1.29 is 14.5 Å². The zero-order chi connectivity index (χ0) is 18.2. The predicted molar refractivity (Wildman–Crippen MR) is 92.9 cm³/mol. The summed E-state index contributed by atoms with van der Waals surface area (Å²) in [6.07, 6.45) is 3.04. The fraction of sp³-hybridized carbons (Fsp3) is 0.200. The number of aryl methyl sites for hydroxylation is 1. The summed E-state index contributed by atoms with van der Waals surface area (Å²) in [7, 11) is 0. The highest BCUT2D eigenvalue weighted by atomic mass is 32.2. The Bertz CT molecular complexity index is 812. The number of amides is 1. The number of hydrazone groups is 1. The average Bonchev–Trinajstić information content (AvgIpc) is 2.59. The molecule has 2 rings (SSSR count). The molecule has 0 bridgehead atoms. The third kappa shape index (κ3) is 5.53. The summed E-state index contributed by atoms with van der Waals surface area (Å²) in [6, 6.07) is 7.68. The maximum Gasteiger partial charge on any atom is 0.278 e. The van der Waals surface area contributed by atoms with Crippen LogP contribution in [0.1, 0.15) is 11.3 Å². The maximum absolute atomic E-state index is 11.7. The number of thioether (sulfide) groups is 1. The monoisotopic (exact) mass is 361 g/mol. The summed E-state index contributed by atoms with van der Waals surface area (Å²) in [5, 5.41) is 15.1. The highest BCUT2D eigenvalue weighted by Gasteiger charge is 2.10. The van der Waals surface area contributed by atoms with E-state index in [2.05, 4.69) is 20.5 Å². The second kappa shape index (κ2) is 8.73.